The van der Waals surface area contributed by atoms with Gasteiger partial charge in [0, 0.05) is 23.0 Å². The van der Waals surface area contributed by atoms with Crippen molar-refractivity contribution in [2.24, 2.45) is 11.8 Å². The highest BCUT2D eigenvalue weighted by Crippen LogP contribution is 2.22. The zero-order valence-corrected chi connectivity index (χ0v) is 13.9. The minimum absolute atomic E-state index is 0.00699. The zero-order chi connectivity index (χ0) is 15.2. The minimum Gasteiger partial charge on any atom is -0.352 e. The van der Waals surface area contributed by atoms with E-state index in [-0.39, 0.29) is 18.3 Å². The van der Waals surface area contributed by atoms with Crippen molar-refractivity contribution in [3.05, 3.63) is 34.1 Å². The van der Waals surface area contributed by atoms with E-state index >= 15 is 0 Å². The van der Waals surface area contributed by atoms with E-state index in [1.54, 1.807) is 12.1 Å². The fourth-order valence-corrected chi connectivity index (χ4v) is 3.18. The Kier molecular flexibility index (Phi) is 6.18. The summed E-state index contributed by atoms with van der Waals surface area (Å²) < 4.78 is 14.4. The van der Waals surface area contributed by atoms with Gasteiger partial charge in [-0.1, -0.05) is 22.9 Å². The fourth-order valence-electron chi connectivity index (χ4n) is 2.77. The number of carbonyl (C=O) groups is 1. The molecule has 3 nitrogen and oxygen atoms in total. The van der Waals surface area contributed by atoms with Gasteiger partial charge < -0.3 is 10.6 Å². The Morgan fingerprint density at radius 3 is 3.10 bits per heavy atom. The summed E-state index contributed by atoms with van der Waals surface area (Å²) in [7, 11) is 0. The van der Waals surface area contributed by atoms with Crippen LogP contribution in [-0.4, -0.2) is 19.0 Å². The summed E-state index contributed by atoms with van der Waals surface area (Å²) in [5.74, 6) is 0.618. The Morgan fingerprint density at radius 2 is 2.38 bits per heavy atom. The topological polar surface area (TPSA) is 41.1 Å². The van der Waals surface area contributed by atoms with Crippen LogP contribution < -0.4 is 10.6 Å². The van der Waals surface area contributed by atoms with Crippen molar-refractivity contribution in [2.45, 2.75) is 32.7 Å². The summed E-state index contributed by atoms with van der Waals surface area (Å²) >= 11 is 3.31. The number of rotatable bonds is 5. The highest BCUT2D eigenvalue weighted by molar-refractivity contribution is 9.10. The first-order chi connectivity index (χ1) is 10.1. The Morgan fingerprint density at radius 1 is 1.57 bits per heavy atom. The lowest BCUT2D eigenvalue weighted by molar-refractivity contribution is -0.122. The smallest absolute Gasteiger partial charge is 0.220 e. The van der Waals surface area contributed by atoms with Crippen LogP contribution in [0.5, 0.6) is 0 Å². The summed E-state index contributed by atoms with van der Waals surface area (Å²) in [6, 6.07) is 4.75. The summed E-state index contributed by atoms with van der Waals surface area (Å²) in [6.07, 6.45) is 2.86. The second kappa shape index (κ2) is 7.90. The molecule has 2 N–H and O–H groups in total. The van der Waals surface area contributed by atoms with Gasteiger partial charge in [-0.05, 0) is 56.0 Å². The van der Waals surface area contributed by atoms with Gasteiger partial charge in [0.05, 0.1) is 0 Å². The van der Waals surface area contributed by atoms with E-state index in [4.69, 9.17) is 0 Å². The molecule has 1 aromatic carbocycles. The molecule has 1 aromatic rings. The highest BCUT2D eigenvalue weighted by atomic mass is 79.9. The van der Waals surface area contributed by atoms with Gasteiger partial charge in [-0.15, -0.1) is 0 Å². The van der Waals surface area contributed by atoms with Crippen molar-refractivity contribution >= 4 is 21.8 Å². The Labute approximate surface area is 133 Å². The maximum absolute atomic E-state index is 13.6. The number of piperidine rings is 1. The monoisotopic (exact) mass is 356 g/mol. The van der Waals surface area contributed by atoms with Crippen LogP contribution >= 0.6 is 15.9 Å². The van der Waals surface area contributed by atoms with E-state index in [0.717, 1.165) is 17.6 Å². The van der Waals surface area contributed by atoms with Crippen molar-refractivity contribution in [3.63, 3.8) is 0 Å². The molecule has 21 heavy (non-hydrogen) atoms. The molecule has 1 fully saturated rings. The standard InChI is InChI=1S/C16H22BrFN2O/c1-11(12-3-2-6-19-9-12)7-16(21)20-10-13-8-14(17)4-5-15(13)18/h4-5,8,11-12,19H,2-3,6-7,9-10H2,1H3,(H,20,21). The van der Waals surface area contributed by atoms with Gasteiger partial charge in [-0.2, -0.15) is 0 Å². The highest BCUT2D eigenvalue weighted by Gasteiger charge is 2.21. The maximum Gasteiger partial charge on any atom is 0.220 e. The van der Waals surface area contributed by atoms with Gasteiger partial charge in [0.25, 0.3) is 0 Å². The second-order valence-electron chi connectivity index (χ2n) is 5.80. The summed E-state index contributed by atoms with van der Waals surface area (Å²) in [4.78, 5) is 12.0. The van der Waals surface area contributed by atoms with Crippen molar-refractivity contribution in [1.82, 2.24) is 10.6 Å². The van der Waals surface area contributed by atoms with E-state index in [9.17, 15) is 9.18 Å². The molecular weight excluding hydrogens is 335 g/mol. The zero-order valence-electron chi connectivity index (χ0n) is 12.3. The molecular formula is C16H22BrFN2O. The molecule has 1 aliphatic rings. The molecule has 0 aliphatic carbocycles. The molecule has 0 saturated carbocycles. The molecule has 0 spiro atoms. The molecule has 1 aliphatic heterocycles. The lowest BCUT2D eigenvalue weighted by atomic mass is 9.85. The molecule has 5 heteroatoms. The molecule has 116 valence electrons. The van der Waals surface area contributed by atoms with E-state index in [1.165, 1.54) is 18.9 Å². The first-order valence-corrected chi connectivity index (χ1v) is 8.27. The van der Waals surface area contributed by atoms with Crippen molar-refractivity contribution in [2.75, 3.05) is 13.1 Å². The Bertz CT molecular complexity index is 489. The van der Waals surface area contributed by atoms with E-state index in [0.29, 0.717) is 23.8 Å². The quantitative estimate of drug-likeness (QED) is 0.850. The number of hydrogen-bond acceptors (Lipinski definition) is 2. The van der Waals surface area contributed by atoms with Gasteiger partial charge in [-0.25, -0.2) is 4.39 Å². The van der Waals surface area contributed by atoms with Gasteiger partial charge in [-0.3, -0.25) is 4.79 Å². The maximum atomic E-state index is 13.6. The normalized spacial score (nSPS) is 20.0. The average molecular weight is 357 g/mol. The number of benzene rings is 1. The number of nitrogens with one attached hydrogen (secondary N) is 2. The fraction of sp³-hybridized carbons (Fsp3) is 0.562. The third-order valence-electron chi connectivity index (χ3n) is 4.13. The molecule has 0 radical (unpaired) electrons. The van der Waals surface area contributed by atoms with Crippen LogP contribution in [0.25, 0.3) is 0 Å². The number of carbonyl (C=O) groups excluding carboxylic acids is 1. The van der Waals surface area contributed by atoms with Crippen LogP contribution in [0.3, 0.4) is 0 Å². The first-order valence-electron chi connectivity index (χ1n) is 7.47. The third-order valence-corrected chi connectivity index (χ3v) is 4.62. The average Bonchev–Trinajstić information content (AvgIpc) is 2.49. The van der Waals surface area contributed by atoms with Crippen LogP contribution in [0.4, 0.5) is 4.39 Å². The molecule has 2 rings (SSSR count). The molecule has 0 bridgehead atoms. The first kappa shape index (κ1) is 16.4. The summed E-state index contributed by atoms with van der Waals surface area (Å²) in [5, 5.41) is 6.19. The summed E-state index contributed by atoms with van der Waals surface area (Å²) in [6.45, 7) is 4.43. The molecule has 0 aromatic heterocycles. The predicted octanol–water partition coefficient (Wildman–Crippen LogP) is 3.23. The Hall–Kier alpha value is -0.940. The van der Waals surface area contributed by atoms with E-state index < -0.39 is 0 Å². The van der Waals surface area contributed by atoms with Crippen LogP contribution in [0, 0.1) is 17.7 Å². The van der Waals surface area contributed by atoms with Crippen molar-refractivity contribution in [1.29, 1.82) is 0 Å². The van der Waals surface area contributed by atoms with E-state index in [2.05, 4.69) is 33.5 Å². The van der Waals surface area contributed by atoms with Crippen LogP contribution in [0.2, 0.25) is 0 Å². The minimum atomic E-state index is -0.289. The van der Waals surface area contributed by atoms with Crippen LogP contribution in [0.15, 0.2) is 22.7 Å². The number of amides is 1. The second-order valence-corrected chi connectivity index (χ2v) is 6.72. The van der Waals surface area contributed by atoms with Gasteiger partial charge in [0.1, 0.15) is 5.82 Å². The van der Waals surface area contributed by atoms with Crippen LogP contribution in [0.1, 0.15) is 31.7 Å². The van der Waals surface area contributed by atoms with Crippen LogP contribution in [-0.2, 0) is 11.3 Å². The SMILES string of the molecule is CC(CC(=O)NCc1cc(Br)ccc1F)C1CCCNC1. The van der Waals surface area contributed by atoms with Gasteiger partial charge in [0.15, 0.2) is 0 Å². The molecule has 2 atom stereocenters. The van der Waals surface area contributed by atoms with Gasteiger partial charge >= 0.3 is 0 Å². The number of hydrogen-bond donors (Lipinski definition) is 2. The van der Waals surface area contributed by atoms with Gasteiger partial charge in [0.2, 0.25) is 5.91 Å². The number of halogens is 2. The molecule has 1 saturated heterocycles. The van der Waals surface area contributed by atoms with Crippen molar-refractivity contribution in [3.8, 4) is 0 Å². The largest absolute Gasteiger partial charge is 0.352 e. The molecule has 2 unspecified atom stereocenters. The lowest BCUT2D eigenvalue weighted by Gasteiger charge is -2.28. The lowest BCUT2D eigenvalue weighted by Crippen LogP contribution is -2.35. The van der Waals surface area contributed by atoms with Crippen molar-refractivity contribution < 1.29 is 9.18 Å². The third kappa shape index (κ3) is 5.08. The molecule has 1 amide bonds. The Balaban J connectivity index is 1.80. The molecule has 1 heterocycles. The predicted molar refractivity (Wildman–Crippen MR) is 85.3 cm³/mol. The summed E-state index contributed by atoms with van der Waals surface area (Å²) in [5.41, 5.74) is 0.504. The van der Waals surface area contributed by atoms with E-state index in [1.807, 2.05) is 0 Å².